The number of carbonyl (C=O) groups is 1. The molecule has 1 aromatic carbocycles. The first-order chi connectivity index (χ1) is 11.6. The molecule has 0 saturated heterocycles. The molecule has 6 heteroatoms. The normalized spacial score (nSPS) is 16.9. The van der Waals surface area contributed by atoms with Crippen molar-refractivity contribution in [2.45, 2.75) is 19.5 Å². The Kier molecular flexibility index (Phi) is 3.70. The van der Waals surface area contributed by atoms with Crippen LogP contribution in [0.3, 0.4) is 0 Å². The summed E-state index contributed by atoms with van der Waals surface area (Å²) in [5, 5.41) is 0.911. The Bertz CT molecular complexity index is 920. The number of nitrogens with one attached hydrogen (secondary N) is 2. The number of nitrogen functional groups attached to an aromatic ring is 1. The molecule has 3 heterocycles. The Labute approximate surface area is 143 Å². The number of amides is 1. The molecule has 1 aliphatic rings. The summed E-state index contributed by atoms with van der Waals surface area (Å²) in [6.45, 7) is 3.06. The number of primary amides is 1. The summed E-state index contributed by atoms with van der Waals surface area (Å²) < 4.78 is 0. The van der Waals surface area contributed by atoms with Gasteiger partial charge in [0.2, 0.25) is 0 Å². The summed E-state index contributed by atoms with van der Waals surface area (Å²) in [5.41, 5.74) is 15.9. The van der Waals surface area contributed by atoms with Crippen molar-refractivity contribution >= 4 is 33.1 Å². The minimum absolute atomic E-state index is 0.442. The number of thiophene rings is 1. The molecule has 0 bridgehead atoms. The molecule has 3 aromatic rings. The number of benzene rings is 1. The van der Waals surface area contributed by atoms with Crippen molar-refractivity contribution in [3.8, 4) is 0 Å². The monoisotopic (exact) mass is 340 g/mol. The highest BCUT2D eigenvalue weighted by Crippen LogP contribution is 2.31. The number of rotatable bonds is 3. The Morgan fingerprint density at radius 3 is 2.83 bits per heavy atom. The first kappa shape index (κ1) is 15.1. The molecule has 1 unspecified atom stereocenters. The molecule has 5 nitrogen and oxygen atoms in total. The molecule has 2 aromatic heterocycles. The average Bonchev–Trinajstić information content (AvgIpc) is 2.90. The van der Waals surface area contributed by atoms with Gasteiger partial charge in [-0.1, -0.05) is 41.7 Å². The second-order valence-electron chi connectivity index (χ2n) is 6.31. The third-order valence-electron chi connectivity index (χ3n) is 4.64. The maximum atomic E-state index is 11.5. The zero-order valence-electron chi connectivity index (χ0n) is 13.3. The van der Waals surface area contributed by atoms with Crippen LogP contribution in [0.15, 0.2) is 36.4 Å². The van der Waals surface area contributed by atoms with Gasteiger partial charge in [0.25, 0.3) is 10.7 Å². The molecule has 6 N–H and O–H groups in total. The molecule has 0 spiro atoms. The standard InChI is InChI=1S/C18H18N4OS/c19-15-13-8-12-10-22(9-11-4-2-1-3-5-11)7-6-14(12)21-18(13)24-16(15)17(20)23/h1-5,8H,6-7,9-10,19H2,(H2,20,23)/p+2. The Hall–Kier alpha value is -2.44. The van der Waals surface area contributed by atoms with E-state index in [0.717, 1.165) is 36.3 Å². The number of hydrogen-bond donors (Lipinski definition) is 3. The van der Waals surface area contributed by atoms with E-state index >= 15 is 0 Å². The number of anilines is 1. The van der Waals surface area contributed by atoms with Crippen molar-refractivity contribution < 1.29 is 14.7 Å². The number of aromatic nitrogens is 1. The molecule has 122 valence electrons. The molecule has 1 aliphatic heterocycles. The number of quaternary nitrogens is 1. The van der Waals surface area contributed by atoms with Gasteiger partial charge in [0.15, 0.2) is 5.69 Å². The lowest BCUT2D eigenvalue weighted by Crippen LogP contribution is -3.10. The number of aromatic amines is 1. The smallest absolute Gasteiger partial charge is 0.270 e. The summed E-state index contributed by atoms with van der Waals surface area (Å²) in [6, 6.07) is 12.7. The highest BCUT2D eigenvalue weighted by Gasteiger charge is 2.28. The fourth-order valence-corrected chi connectivity index (χ4v) is 4.41. The molecule has 0 radical (unpaired) electrons. The number of hydrogen-bond acceptors (Lipinski definition) is 3. The first-order valence-electron chi connectivity index (χ1n) is 8.05. The second-order valence-corrected chi connectivity index (χ2v) is 7.33. The van der Waals surface area contributed by atoms with Gasteiger partial charge < -0.3 is 16.4 Å². The highest BCUT2D eigenvalue weighted by molar-refractivity contribution is 7.20. The summed E-state index contributed by atoms with van der Waals surface area (Å²) >= 11 is 1.35. The van der Waals surface area contributed by atoms with Crippen molar-refractivity contribution in [1.29, 1.82) is 0 Å². The van der Waals surface area contributed by atoms with Crippen molar-refractivity contribution in [1.82, 2.24) is 0 Å². The lowest BCUT2D eigenvalue weighted by molar-refractivity contribution is -0.930. The van der Waals surface area contributed by atoms with Crippen molar-refractivity contribution in [2.24, 2.45) is 5.73 Å². The number of nitrogens with two attached hydrogens (primary N) is 2. The van der Waals surface area contributed by atoms with Crippen LogP contribution in [0.1, 0.15) is 26.5 Å². The molecule has 4 rings (SSSR count). The third kappa shape index (κ3) is 2.64. The van der Waals surface area contributed by atoms with E-state index in [9.17, 15) is 4.79 Å². The summed E-state index contributed by atoms with van der Waals surface area (Å²) in [6.07, 6.45) is 0.997. The van der Waals surface area contributed by atoms with E-state index < -0.39 is 5.91 Å². The molecule has 0 fully saturated rings. The third-order valence-corrected chi connectivity index (χ3v) is 5.80. The Balaban J connectivity index is 1.65. The van der Waals surface area contributed by atoms with Gasteiger partial charge in [0.1, 0.15) is 18.0 Å². The summed E-state index contributed by atoms with van der Waals surface area (Å²) in [4.78, 5) is 17.9. The van der Waals surface area contributed by atoms with E-state index in [1.807, 2.05) is 6.07 Å². The van der Waals surface area contributed by atoms with Crippen LogP contribution >= 0.6 is 11.3 Å². The quantitative estimate of drug-likeness (QED) is 0.650. The van der Waals surface area contributed by atoms with Gasteiger partial charge >= 0.3 is 0 Å². The number of fused-ring (bicyclic) bond motifs is 2. The molecule has 0 aliphatic carbocycles. The number of pyridine rings is 1. The van der Waals surface area contributed by atoms with Gasteiger partial charge in [0.05, 0.1) is 29.6 Å². The number of H-pyrrole nitrogens is 1. The summed E-state index contributed by atoms with van der Waals surface area (Å²) in [5.74, 6) is -0.462. The van der Waals surface area contributed by atoms with Crippen LogP contribution in [0.4, 0.5) is 5.69 Å². The second kappa shape index (κ2) is 5.89. The van der Waals surface area contributed by atoms with E-state index in [-0.39, 0.29) is 0 Å². The zero-order chi connectivity index (χ0) is 16.7. The van der Waals surface area contributed by atoms with Gasteiger partial charge in [0, 0.05) is 5.56 Å². The van der Waals surface area contributed by atoms with Gasteiger partial charge in [-0.05, 0) is 6.07 Å². The molecular formula is C18H20N4OS+2. The van der Waals surface area contributed by atoms with Crippen LogP contribution in [0.25, 0.3) is 10.2 Å². The van der Waals surface area contributed by atoms with E-state index in [0.29, 0.717) is 10.6 Å². The Morgan fingerprint density at radius 2 is 2.08 bits per heavy atom. The van der Waals surface area contributed by atoms with Crippen LogP contribution < -0.4 is 21.4 Å². The largest absolute Gasteiger partial charge is 0.397 e. The fraction of sp³-hybridized carbons (Fsp3) is 0.222. The summed E-state index contributed by atoms with van der Waals surface area (Å²) in [7, 11) is 0. The van der Waals surface area contributed by atoms with Crippen LogP contribution in [0, 0.1) is 0 Å². The van der Waals surface area contributed by atoms with Crippen LogP contribution in [-0.2, 0) is 19.5 Å². The van der Waals surface area contributed by atoms with Crippen molar-refractivity contribution in [3.63, 3.8) is 0 Å². The van der Waals surface area contributed by atoms with E-state index in [1.165, 1.54) is 33.1 Å². The predicted molar refractivity (Wildman–Crippen MR) is 94.7 cm³/mol. The molecule has 24 heavy (non-hydrogen) atoms. The first-order valence-corrected chi connectivity index (χ1v) is 8.87. The molecule has 1 amide bonds. The lowest BCUT2D eigenvalue weighted by atomic mass is 10.0. The Morgan fingerprint density at radius 1 is 1.29 bits per heavy atom. The zero-order valence-corrected chi connectivity index (χ0v) is 14.1. The maximum Gasteiger partial charge on any atom is 0.270 e. The maximum absolute atomic E-state index is 11.5. The lowest BCUT2D eigenvalue weighted by Gasteiger charge is -2.23. The van der Waals surface area contributed by atoms with E-state index in [1.54, 1.807) is 0 Å². The van der Waals surface area contributed by atoms with Crippen LogP contribution in [-0.4, -0.2) is 12.5 Å². The SMILES string of the molecule is NC(=O)c1sc2[nH+]c3c(cc2c1N)C[NH+](Cc1ccccc1)CC3. The van der Waals surface area contributed by atoms with Gasteiger partial charge in [-0.15, -0.1) is 0 Å². The molecule has 1 atom stereocenters. The molecular weight excluding hydrogens is 320 g/mol. The average molecular weight is 340 g/mol. The van der Waals surface area contributed by atoms with Crippen molar-refractivity contribution in [2.75, 3.05) is 12.3 Å². The van der Waals surface area contributed by atoms with E-state index in [4.69, 9.17) is 11.5 Å². The van der Waals surface area contributed by atoms with Crippen molar-refractivity contribution in [3.05, 3.63) is 58.1 Å². The predicted octanol–water partition coefficient (Wildman–Crippen LogP) is 0.538. The molecule has 0 saturated carbocycles. The number of carbonyl (C=O) groups excluding carboxylic acids is 1. The fourth-order valence-electron chi connectivity index (χ4n) is 3.43. The van der Waals surface area contributed by atoms with Gasteiger partial charge in [-0.25, -0.2) is 0 Å². The van der Waals surface area contributed by atoms with Gasteiger partial charge in [-0.2, -0.15) is 4.98 Å². The topological polar surface area (TPSA) is 87.7 Å². The van der Waals surface area contributed by atoms with Crippen LogP contribution in [0.2, 0.25) is 0 Å². The minimum Gasteiger partial charge on any atom is -0.397 e. The minimum atomic E-state index is -0.462. The van der Waals surface area contributed by atoms with Gasteiger partial charge in [-0.3, -0.25) is 4.79 Å². The highest BCUT2D eigenvalue weighted by atomic mass is 32.1. The van der Waals surface area contributed by atoms with Crippen LogP contribution in [0.5, 0.6) is 0 Å². The van der Waals surface area contributed by atoms with E-state index in [2.05, 4.69) is 35.3 Å².